The van der Waals surface area contributed by atoms with Crippen LogP contribution in [0.4, 0.5) is 0 Å². The molecular formula is C19H26N4O3S. The van der Waals surface area contributed by atoms with Crippen LogP contribution in [0.3, 0.4) is 0 Å². The van der Waals surface area contributed by atoms with Gasteiger partial charge in [-0.15, -0.1) is 0 Å². The summed E-state index contributed by atoms with van der Waals surface area (Å²) < 4.78 is 30.3. The smallest absolute Gasteiger partial charge is 0.153 e. The van der Waals surface area contributed by atoms with Crippen LogP contribution in [0.5, 0.6) is 5.75 Å². The van der Waals surface area contributed by atoms with Gasteiger partial charge in [0.15, 0.2) is 9.84 Å². The van der Waals surface area contributed by atoms with Crippen molar-refractivity contribution in [3.8, 4) is 5.75 Å². The number of aryl methyl sites for hydroxylation is 1. The van der Waals surface area contributed by atoms with Gasteiger partial charge in [0.1, 0.15) is 5.75 Å². The van der Waals surface area contributed by atoms with Crippen molar-refractivity contribution in [2.45, 2.75) is 32.1 Å². The van der Waals surface area contributed by atoms with Gasteiger partial charge in [0.05, 0.1) is 30.6 Å². The molecule has 8 heteroatoms. The Morgan fingerprint density at radius 2 is 1.81 bits per heavy atom. The maximum atomic E-state index is 12.4. The molecule has 27 heavy (non-hydrogen) atoms. The lowest BCUT2D eigenvalue weighted by Gasteiger charge is -2.44. The van der Waals surface area contributed by atoms with E-state index in [-0.39, 0.29) is 23.6 Å². The fraction of sp³-hybridized carbons (Fsp3) is 0.526. The fourth-order valence-corrected chi connectivity index (χ4v) is 6.32. The van der Waals surface area contributed by atoms with Gasteiger partial charge >= 0.3 is 0 Å². The summed E-state index contributed by atoms with van der Waals surface area (Å²) in [6.07, 6.45) is 1.70. The Hall–Kier alpha value is -1.90. The van der Waals surface area contributed by atoms with E-state index < -0.39 is 9.84 Å². The van der Waals surface area contributed by atoms with E-state index in [2.05, 4.69) is 25.8 Å². The second kappa shape index (κ2) is 7.26. The van der Waals surface area contributed by atoms with Crippen LogP contribution in [-0.2, 0) is 22.9 Å². The first kappa shape index (κ1) is 18.5. The van der Waals surface area contributed by atoms with E-state index in [4.69, 9.17) is 4.74 Å². The monoisotopic (exact) mass is 390 g/mol. The summed E-state index contributed by atoms with van der Waals surface area (Å²) >= 11 is 0. The number of ether oxygens (including phenoxy) is 1. The molecule has 0 amide bonds. The molecule has 7 nitrogen and oxygen atoms in total. The Kier molecular flexibility index (Phi) is 4.96. The Bertz CT molecular complexity index is 911. The minimum Gasteiger partial charge on any atom is -0.496 e. The van der Waals surface area contributed by atoms with Gasteiger partial charge in [0.25, 0.3) is 0 Å². The fourth-order valence-electron chi connectivity index (χ4n) is 4.28. The summed E-state index contributed by atoms with van der Waals surface area (Å²) in [5, 5.41) is 0. The number of nitrogens with zero attached hydrogens (tertiary/aromatic N) is 3. The lowest BCUT2D eigenvalue weighted by Crippen LogP contribution is -2.58. The van der Waals surface area contributed by atoms with Gasteiger partial charge in [-0.25, -0.2) is 13.4 Å². The van der Waals surface area contributed by atoms with Gasteiger partial charge < -0.3 is 9.72 Å². The Balaban J connectivity index is 1.56. The third kappa shape index (κ3) is 3.74. The molecule has 1 N–H and O–H groups in total. The van der Waals surface area contributed by atoms with E-state index in [0.717, 1.165) is 35.8 Å². The van der Waals surface area contributed by atoms with Crippen molar-refractivity contribution < 1.29 is 13.2 Å². The van der Waals surface area contributed by atoms with Crippen LogP contribution >= 0.6 is 0 Å². The zero-order chi connectivity index (χ0) is 19.0. The normalized spacial score (nSPS) is 25.4. The minimum absolute atomic E-state index is 0.00732. The lowest BCUT2D eigenvalue weighted by molar-refractivity contribution is 0.0343. The maximum Gasteiger partial charge on any atom is 0.153 e. The highest BCUT2D eigenvalue weighted by atomic mass is 32.2. The third-order valence-electron chi connectivity index (χ3n) is 5.76. The molecule has 2 atom stereocenters. The van der Waals surface area contributed by atoms with Crippen LogP contribution in [0.1, 0.15) is 17.0 Å². The first-order valence-corrected chi connectivity index (χ1v) is 11.1. The van der Waals surface area contributed by atoms with Crippen molar-refractivity contribution in [1.82, 2.24) is 19.8 Å². The number of rotatable bonds is 5. The summed E-state index contributed by atoms with van der Waals surface area (Å²) in [6, 6.07) is 7.97. The zero-order valence-electron chi connectivity index (χ0n) is 15.8. The molecule has 0 unspecified atom stereocenters. The molecule has 146 valence electrons. The van der Waals surface area contributed by atoms with Crippen molar-refractivity contribution in [3.05, 3.63) is 47.5 Å². The van der Waals surface area contributed by atoms with Gasteiger partial charge in [0, 0.05) is 49.5 Å². The molecule has 1 aromatic heterocycles. The van der Waals surface area contributed by atoms with E-state index in [9.17, 15) is 8.42 Å². The van der Waals surface area contributed by atoms with E-state index >= 15 is 0 Å². The van der Waals surface area contributed by atoms with Gasteiger partial charge in [0.2, 0.25) is 0 Å². The quantitative estimate of drug-likeness (QED) is 0.827. The van der Waals surface area contributed by atoms with Crippen LogP contribution < -0.4 is 4.74 Å². The number of piperazine rings is 1. The standard InChI is InChI=1S/C19H26N4O3S/c1-14-16(21-13-20-14)10-23-8-7-22(17-11-27(24,25)12-18(17)23)9-15-5-3-4-6-19(15)26-2/h3-6,13,17-18H,7-12H2,1-2H3,(H,20,21)/t17-,18+/m0/s1. The summed E-state index contributed by atoms with van der Waals surface area (Å²) in [4.78, 5) is 12.1. The highest BCUT2D eigenvalue weighted by molar-refractivity contribution is 7.91. The lowest BCUT2D eigenvalue weighted by atomic mass is 10.0. The number of fused-ring (bicyclic) bond motifs is 1. The van der Waals surface area contributed by atoms with Crippen molar-refractivity contribution in [2.24, 2.45) is 0 Å². The zero-order valence-corrected chi connectivity index (χ0v) is 16.6. The molecule has 0 aliphatic carbocycles. The topological polar surface area (TPSA) is 78.5 Å². The number of hydrogen-bond acceptors (Lipinski definition) is 6. The number of imidazole rings is 1. The molecule has 0 bridgehead atoms. The maximum absolute atomic E-state index is 12.4. The molecule has 2 saturated heterocycles. The molecule has 2 aliphatic heterocycles. The molecule has 0 radical (unpaired) electrons. The van der Waals surface area contributed by atoms with Gasteiger partial charge in [-0.3, -0.25) is 9.80 Å². The number of sulfone groups is 1. The number of H-pyrrole nitrogens is 1. The average Bonchev–Trinajstić information content (AvgIpc) is 3.19. The van der Waals surface area contributed by atoms with Crippen LogP contribution in [0.25, 0.3) is 0 Å². The highest BCUT2D eigenvalue weighted by Crippen LogP contribution is 2.30. The molecule has 2 aromatic rings. The average molecular weight is 391 g/mol. The number of aromatic nitrogens is 2. The van der Waals surface area contributed by atoms with Crippen LogP contribution in [0.15, 0.2) is 30.6 Å². The van der Waals surface area contributed by atoms with Crippen LogP contribution in [-0.4, -0.2) is 72.0 Å². The summed E-state index contributed by atoms with van der Waals surface area (Å²) in [5.41, 5.74) is 3.14. The van der Waals surface area contributed by atoms with Crippen molar-refractivity contribution in [1.29, 1.82) is 0 Å². The SMILES string of the molecule is COc1ccccc1CN1CCN(Cc2nc[nH]c2C)[C@@H]2CS(=O)(=O)C[C@@H]21. The predicted octanol–water partition coefficient (Wildman–Crippen LogP) is 1.21. The Morgan fingerprint density at radius 3 is 2.44 bits per heavy atom. The molecule has 0 saturated carbocycles. The van der Waals surface area contributed by atoms with E-state index in [1.165, 1.54) is 0 Å². The number of hydrogen-bond donors (Lipinski definition) is 1. The largest absolute Gasteiger partial charge is 0.496 e. The van der Waals surface area contributed by atoms with Crippen molar-refractivity contribution >= 4 is 9.84 Å². The molecule has 2 aliphatic rings. The van der Waals surface area contributed by atoms with Gasteiger partial charge in [-0.05, 0) is 13.0 Å². The molecule has 2 fully saturated rings. The summed E-state index contributed by atoms with van der Waals surface area (Å²) in [7, 11) is -1.36. The first-order valence-electron chi connectivity index (χ1n) is 9.26. The molecule has 4 rings (SSSR count). The van der Waals surface area contributed by atoms with E-state index in [1.54, 1.807) is 13.4 Å². The van der Waals surface area contributed by atoms with Gasteiger partial charge in [-0.1, -0.05) is 18.2 Å². The van der Waals surface area contributed by atoms with Crippen molar-refractivity contribution in [2.75, 3.05) is 31.7 Å². The minimum atomic E-state index is -3.03. The van der Waals surface area contributed by atoms with Crippen LogP contribution in [0, 0.1) is 6.92 Å². The number of nitrogens with one attached hydrogen (secondary N) is 1. The number of para-hydroxylation sites is 1. The Morgan fingerprint density at radius 1 is 1.15 bits per heavy atom. The number of benzene rings is 1. The number of aromatic amines is 1. The van der Waals surface area contributed by atoms with E-state index in [0.29, 0.717) is 13.1 Å². The third-order valence-corrected chi connectivity index (χ3v) is 7.46. The highest BCUT2D eigenvalue weighted by Gasteiger charge is 2.46. The Labute approximate surface area is 160 Å². The molecule has 0 spiro atoms. The van der Waals surface area contributed by atoms with Gasteiger partial charge in [-0.2, -0.15) is 0 Å². The second-order valence-electron chi connectivity index (χ2n) is 7.44. The number of methoxy groups -OCH3 is 1. The molecule has 1 aromatic carbocycles. The predicted molar refractivity (Wildman–Crippen MR) is 103 cm³/mol. The van der Waals surface area contributed by atoms with E-state index in [1.807, 2.05) is 25.1 Å². The van der Waals surface area contributed by atoms with Crippen molar-refractivity contribution in [3.63, 3.8) is 0 Å². The first-order chi connectivity index (χ1) is 13.0. The summed E-state index contributed by atoms with van der Waals surface area (Å²) in [6.45, 7) is 5.06. The second-order valence-corrected chi connectivity index (χ2v) is 9.59. The summed E-state index contributed by atoms with van der Waals surface area (Å²) in [5.74, 6) is 1.30. The molecular weight excluding hydrogens is 364 g/mol. The molecule has 3 heterocycles. The van der Waals surface area contributed by atoms with Crippen LogP contribution in [0.2, 0.25) is 0 Å².